The lowest BCUT2D eigenvalue weighted by Gasteiger charge is -2.12. The molecule has 0 aliphatic carbocycles. The zero-order valence-corrected chi connectivity index (χ0v) is 12.5. The fourth-order valence-corrected chi connectivity index (χ4v) is 2.13. The van der Waals surface area contributed by atoms with E-state index in [2.05, 4.69) is 26.2 Å². The van der Waals surface area contributed by atoms with E-state index in [4.69, 9.17) is 5.73 Å². The quantitative estimate of drug-likeness (QED) is 0.787. The van der Waals surface area contributed by atoms with Gasteiger partial charge in [-0.3, -0.25) is 14.3 Å². The van der Waals surface area contributed by atoms with Crippen LogP contribution in [0.25, 0.3) is 0 Å². The molecular weight excluding hydrogens is 324 g/mol. The van der Waals surface area contributed by atoms with E-state index in [1.165, 1.54) is 4.57 Å². The molecular formula is C13H15BrN4O2. The first-order valence-electron chi connectivity index (χ1n) is 6.13. The molecule has 106 valence electrons. The smallest absolute Gasteiger partial charge is 0.330 e. The van der Waals surface area contributed by atoms with Crippen molar-refractivity contribution in [2.45, 2.75) is 20.0 Å². The molecule has 0 atom stereocenters. The van der Waals surface area contributed by atoms with E-state index >= 15 is 0 Å². The second-order valence-electron chi connectivity index (χ2n) is 4.24. The molecule has 4 N–H and O–H groups in total. The van der Waals surface area contributed by atoms with Gasteiger partial charge in [-0.15, -0.1) is 0 Å². The number of anilines is 2. The average Bonchev–Trinajstić information content (AvgIpc) is 2.40. The number of nitrogens with one attached hydrogen (secondary N) is 2. The number of nitrogens with two attached hydrogens (primary N) is 1. The highest BCUT2D eigenvalue weighted by Crippen LogP contribution is 2.14. The fraction of sp³-hybridized carbons (Fsp3) is 0.231. The van der Waals surface area contributed by atoms with Crippen LogP contribution < -0.4 is 22.3 Å². The van der Waals surface area contributed by atoms with Gasteiger partial charge in [0.05, 0.1) is 0 Å². The Morgan fingerprint density at radius 1 is 1.30 bits per heavy atom. The number of hydrogen-bond donors (Lipinski definition) is 3. The highest BCUT2D eigenvalue weighted by Gasteiger charge is 2.10. The molecule has 0 amide bonds. The topological polar surface area (TPSA) is 92.9 Å². The SMILES string of the molecule is CCn1c(N)c(NCc2ccc(Br)cc2)c(=O)[nH]c1=O. The molecule has 1 heterocycles. The largest absolute Gasteiger partial charge is 0.383 e. The molecule has 20 heavy (non-hydrogen) atoms. The van der Waals surface area contributed by atoms with Crippen molar-refractivity contribution in [3.8, 4) is 0 Å². The highest BCUT2D eigenvalue weighted by molar-refractivity contribution is 9.10. The summed E-state index contributed by atoms with van der Waals surface area (Å²) in [6.45, 7) is 2.63. The second kappa shape index (κ2) is 5.96. The number of rotatable bonds is 4. The van der Waals surface area contributed by atoms with Gasteiger partial charge in [-0.25, -0.2) is 4.79 Å². The number of nitrogens with zero attached hydrogens (tertiary/aromatic N) is 1. The molecule has 0 saturated carbocycles. The summed E-state index contributed by atoms with van der Waals surface area (Å²) in [5.41, 5.74) is 6.07. The molecule has 0 aliphatic rings. The van der Waals surface area contributed by atoms with Gasteiger partial charge in [-0.1, -0.05) is 28.1 Å². The Labute approximate surface area is 123 Å². The summed E-state index contributed by atoms with van der Waals surface area (Å²) in [6.07, 6.45) is 0. The lowest BCUT2D eigenvalue weighted by atomic mass is 10.2. The van der Waals surface area contributed by atoms with Crippen molar-refractivity contribution in [3.05, 3.63) is 55.1 Å². The van der Waals surface area contributed by atoms with Crippen LogP contribution in [0.2, 0.25) is 0 Å². The highest BCUT2D eigenvalue weighted by atomic mass is 79.9. The van der Waals surface area contributed by atoms with Crippen LogP contribution in [0, 0.1) is 0 Å². The van der Waals surface area contributed by atoms with Crippen LogP contribution in [0.15, 0.2) is 38.3 Å². The van der Waals surface area contributed by atoms with Crippen molar-refractivity contribution in [1.82, 2.24) is 9.55 Å². The zero-order chi connectivity index (χ0) is 14.7. The van der Waals surface area contributed by atoms with Gasteiger partial charge in [0.1, 0.15) is 11.5 Å². The van der Waals surface area contributed by atoms with Crippen molar-refractivity contribution in [2.75, 3.05) is 11.1 Å². The summed E-state index contributed by atoms with van der Waals surface area (Å²) in [6, 6.07) is 7.68. The Morgan fingerprint density at radius 3 is 2.55 bits per heavy atom. The molecule has 0 unspecified atom stereocenters. The molecule has 2 rings (SSSR count). The Hall–Kier alpha value is -2.02. The van der Waals surface area contributed by atoms with Crippen LogP contribution in [-0.4, -0.2) is 9.55 Å². The van der Waals surface area contributed by atoms with E-state index in [0.29, 0.717) is 13.1 Å². The van der Waals surface area contributed by atoms with Crippen LogP contribution in [0.4, 0.5) is 11.5 Å². The van der Waals surface area contributed by atoms with Crippen LogP contribution in [-0.2, 0) is 13.1 Å². The molecule has 7 heteroatoms. The molecule has 0 bridgehead atoms. The Morgan fingerprint density at radius 2 is 1.95 bits per heavy atom. The van der Waals surface area contributed by atoms with Crippen molar-refractivity contribution in [1.29, 1.82) is 0 Å². The van der Waals surface area contributed by atoms with Crippen LogP contribution >= 0.6 is 15.9 Å². The summed E-state index contributed by atoms with van der Waals surface area (Å²) in [5.74, 6) is 0.151. The normalized spacial score (nSPS) is 10.5. The third-order valence-corrected chi connectivity index (χ3v) is 3.47. The monoisotopic (exact) mass is 338 g/mol. The predicted octanol–water partition coefficient (Wildman–Crippen LogP) is 1.51. The number of benzene rings is 1. The fourth-order valence-electron chi connectivity index (χ4n) is 1.87. The first kappa shape index (κ1) is 14.4. The minimum absolute atomic E-state index is 0.151. The van der Waals surface area contributed by atoms with Gasteiger partial charge in [0.2, 0.25) is 0 Å². The minimum Gasteiger partial charge on any atom is -0.383 e. The molecule has 0 radical (unpaired) electrons. The molecule has 0 spiro atoms. The van der Waals surface area contributed by atoms with Gasteiger partial charge in [-0.2, -0.15) is 0 Å². The van der Waals surface area contributed by atoms with Crippen LogP contribution in [0.5, 0.6) is 0 Å². The average molecular weight is 339 g/mol. The summed E-state index contributed by atoms with van der Waals surface area (Å²) in [5, 5.41) is 2.98. The van der Waals surface area contributed by atoms with Gasteiger partial charge in [0.25, 0.3) is 5.56 Å². The molecule has 1 aromatic carbocycles. The standard InChI is InChI=1S/C13H15BrN4O2/c1-2-18-11(15)10(12(19)17-13(18)20)16-7-8-3-5-9(14)6-4-8/h3-6,16H,2,7,15H2,1H3,(H,17,19,20). The first-order valence-corrected chi connectivity index (χ1v) is 6.93. The van der Waals surface area contributed by atoms with E-state index in [1.807, 2.05) is 24.3 Å². The lowest BCUT2D eigenvalue weighted by Crippen LogP contribution is -2.33. The molecule has 0 fully saturated rings. The van der Waals surface area contributed by atoms with E-state index in [-0.39, 0.29) is 11.5 Å². The Balaban J connectivity index is 2.28. The van der Waals surface area contributed by atoms with E-state index in [9.17, 15) is 9.59 Å². The Bertz CT molecular complexity index is 719. The van der Waals surface area contributed by atoms with Gasteiger partial charge in [0.15, 0.2) is 0 Å². The first-order chi connectivity index (χ1) is 9.52. The lowest BCUT2D eigenvalue weighted by molar-refractivity contribution is 0.706. The third kappa shape index (κ3) is 2.93. The van der Waals surface area contributed by atoms with Crippen molar-refractivity contribution in [3.63, 3.8) is 0 Å². The minimum atomic E-state index is -0.505. The van der Waals surface area contributed by atoms with E-state index in [1.54, 1.807) is 6.92 Å². The van der Waals surface area contributed by atoms with E-state index < -0.39 is 11.2 Å². The molecule has 2 aromatic rings. The molecule has 0 saturated heterocycles. The summed E-state index contributed by atoms with van der Waals surface area (Å²) < 4.78 is 2.30. The zero-order valence-electron chi connectivity index (χ0n) is 10.9. The number of halogens is 1. The van der Waals surface area contributed by atoms with E-state index in [0.717, 1.165) is 10.0 Å². The van der Waals surface area contributed by atoms with Gasteiger partial charge >= 0.3 is 5.69 Å². The summed E-state index contributed by atoms with van der Waals surface area (Å²) in [7, 11) is 0. The van der Waals surface area contributed by atoms with Crippen LogP contribution in [0.3, 0.4) is 0 Å². The summed E-state index contributed by atoms with van der Waals surface area (Å²) >= 11 is 3.36. The van der Waals surface area contributed by atoms with Gasteiger partial charge < -0.3 is 11.1 Å². The Kier molecular flexibility index (Phi) is 4.29. The predicted molar refractivity (Wildman–Crippen MR) is 82.9 cm³/mol. The van der Waals surface area contributed by atoms with Crippen molar-refractivity contribution >= 4 is 27.4 Å². The van der Waals surface area contributed by atoms with Crippen LogP contribution in [0.1, 0.15) is 12.5 Å². The number of hydrogen-bond acceptors (Lipinski definition) is 4. The van der Waals surface area contributed by atoms with Gasteiger partial charge in [-0.05, 0) is 24.6 Å². The molecule has 6 nitrogen and oxygen atoms in total. The maximum absolute atomic E-state index is 11.8. The maximum Gasteiger partial charge on any atom is 0.330 e. The molecule has 0 aliphatic heterocycles. The number of aromatic nitrogens is 2. The number of nitrogen functional groups attached to an aromatic ring is 1. The molecule has 1 aromatic heterocycles. The second-order valence-corrected chi connectivity index (χ2v) is 5.16. The third-order valence-electron chi connectivity index (χ3n) is 2.94. The van der Waals surface area contributed by atoms with Crippen molar-refractivity contribution < 1.29 is 0 Å². The maximum atomic E-state index is 11.8. The number of aromatic amines is 1. The summed E-state index contributed by atoms with van der Waals surface area (Å²) in [4.78, 5) is 25.6. The van der Waals surface area contributed by atoms with Crippen molar-refractivity contribution in [2.24, 2.45) is 0 Å². The number of H-pyrrole nitrogens is 1. The van der Waals surface area contributed by atoms with Gasteiger partial charge in [0, 0.05) is 17.6 Å².